The van der Waals surface area contributed by atoms with E-state index < -0.39 is 0 Å². The number of benzene rings is 1. The summed E-state index contributed by atoms with van der Waals surface area (Å²) in [5.41, 5.74) is 7.57. The molecule has 0 radical (unpaired) electrons. The maximum atomic E-state index is 5.47. The van der Waals surface area contributed by atoms with E-state index in [0.29, 0.717) is 6.54 Å². The zero-order valence-corrected chi connectivity index (χ0v) is 12.6. The number of rotatable bonds is 5. The third-order valence-corrected chi connectivity index (χ3v) is 3.25. The maximum absolute atomic E-state index is 5.47. The summed E-state index contributed by atoms with van der Waals surface area (Å²) in [6.45, 7) is 3.25. The Kier molecular flexibility index (Phi) is 5.42. The van der Waals surface area contributed by atoms with Gasteiger partial charge in [0.2, 0.25) is 0 Å². The highest BCUT2D eigenvalue weighted by atomic mass is 16.5. The van der Waals surface area contributed by atoms with E-state index in [2.05, 4.69) is 28.3 Å². The molecule has 2 rings (SSSR count). The third kappa shape index (κ3) is 3.87. The molecule has 1 heterocycles. The van der Waals surface area contributed by atoms with E-state index in [-0.39, 0.29) is 0 Å². The second kappa shape index (κ2) is 7.51. The molecule has 0 aliphatic carbocycles. The minimum atomic E-state index is 0.359. The second-order valence-electron chi connectivity index (χ2n) is 4.75. The van der Waals surface area contributed by atoms with Gasteiger partial charge in [0, 0.05) is 24.4 Å². The van der Waals surface area contributed by atoms with Crippen molar-refractivity contribution in [3.63, 3.8) is 0 Å². The highest BCUT2D eigenvalue weighted by molar-refractivity contribution is 5.45. The molecule has 0 spiro atoms. The van der Waals surface area contributed by atoms with Crippen molar-refractivity contribution in [1.29, 1.82) is 0 Å². The van der Waals surface area contributed by atoms with E-state index in [1.165, 1.54) is 0 Å². The highest BCUT2D eigenvalue weighted by Crippen LogP contribution is 2.19. The van der Waals surface area contributed by atoms with E-state index in [1.54, 1.807) is 7.11 Å². The molecule has 0 bridgehead atoms. The van der Waals surface area contributed by atoms with Gasteiger partial charge in [-0.1, -0.05) is 18.8 Å². The van der Waals surface area contributed by atoms with Crippen LogP contribution in [0.5, 0.6) is 5.75 Å². The van der Waals surface area contributed by atoms with Crippen LogP contribution in [0.4, 0.5) is 0 Å². The summed E-state index contributed by atoms with van der Waals surface area (Å²) in [5, 5.41) is 0. The maximum Gasteiger partial charge on any atom is 0.119 e. The lowest BCUT2D eigenvalue weighted by Gasteiger charge is -2.11. The molecule has 2 N–H and O–H groups in total. The zero-order valence-electron chi connectivity index (χ0n) is 12.6. The molecule has 110 valence electrons. The van der Waals surface area contributed by atoms with Crippen LogP contribution in [-0.4, -0.2) is 23.2 Å². The van der Waals surface area contributed by atoms with Gasteiger partial charge in [-0.25, -0.2) is 4.98 Å². The first-order chi connectivity index (χ1) is 10.3. The van der Waals surface area contributed by atoms with Gasteiger partial charge in [0.15, 0.2) is 0 Å². The van der Waals surface area contributed by atoms with Crippen LogP contribution in [0.2, 0.25) is 0 Å². The van der Waals surface area contributed by atoms with Crippen LogP contribution >= 0.6 is 0 Å². The Hall–Kier alpha value is -2.25. The van der Waals surface area contributed by atoms with Gasteiger partial charge in [0.05, 0.1) is 20.2 Å². The first-order valence-corrected chi connectivity index (χ1v) is 7.14. The molecule has 0 atom stereocenters. The fourth-order valence-corrected chi connectivity index (χ4v) is 2.22. The number of imidazole rings is 1. The van der Waals surface area contributed by atoms with Crippen LogP contribution in [0, 0.1) is 11.8 Å². The van der Waals surface area contributed by atoms with Crippen LogP contribution in [0.3, 0.4) is 0 Å². The summed E-state index contributed by atoms with van der Waals surface area (Å²) in [6.07, 6.45) is 5.90. The summed E-state index contributed by atoms with van der Waals surface area (Å²) in [6, 6.07) is 5.93. The monoisotopic (exact) mass is 283 g/mol. The van der Waals surface area contributed by atoms with Crippen molar-refractivity contribution < 1.29 is 4.74 Å². The Bertz CT molecular complexity index is 650. The van der Waals surface area contributed by atoms with E-state index in [9.17, 15) is 0 Å². The van der Waals surface area contributed by atoms with Crippen molar-refractivity contribution in [2.75, 3.05) is 13.7 Å². The largest absolute Gasteiger partial charge is 0.497 e. The highest BCUT2D eigenvalue weighted by Gasteiger charge is 2.07. The summed E-state index contributed by atoms with van der Waals surface area (Å²) in [5.74, 6) is 7.97. The van der Waals surface area contributed by atoms with Gasteiger partial charge >= 0.3 is 0 Å². The molecule has 0 aliphatic rings. The lowest BCUT2D eigenvalue weighted by Crippen LogP contribution is -2.06. The number of nitrogens with two attached hydrogens (primary N) is 1. The Balaban J connectivity index is 2.34. The quantitative estimate of drug-likeness (QED) is 0.856. The molecular weight excluding hydrogens is 262 g/mol. The average Bonchev–Trinajstić information content (AvgIpc) is 2.93. The lowest BCUT2D eigenvalue weighted by atomic mass is 10.1. The number of aryl methyl sites for hydroxylation is 1. The van der Waals surface area contributed by atoms with Crippen molar-refractivity contribution in [1.82, 2.24) is 9.55 Å². The SMILES string of the molecule is CCCc1nccn1Cc1cc(OC)ccc1C#CCN. The summed E-state index contributed by atoms with van der Waals surface area (Å²) < 4.78 is 7.47. The smallest absolute Gasteiger partial charge is 0.119 e. The standard InChI is InChI=1S/C17H21N3O/c1-3-5-17-19-10-11-20(17)13-15-12-16(21-2)8-7-14(15)6-4-9-18/h7-8,10-12H,3,5,9,13,18H2,1-2H3. The fourth-order valence-electron chi connectivity index (χ4n) is 2.22. The number of methoxy groups -OCH3 is 1. The van der Waals surface area contributed by atoms with Gasteiger partial charge in [-0.05, 0) is 30.2 Å². The van der Waals surface area contributed by atoms with E-state index in [1.807, 2.05) is 30.6 Å². The van der Waals surface area contributed by atoms with E-state index in [4.69, 9.17) is 10.5 Å². The molecule has 4 nitrogen and oxygen atoms in total. The van der Waals surface area contributed by atoms with Crippen molar-refractivity contribution in [2.45, 2.75) is 26.3 Å². The Labute approximate surface area is 125 Å². The van der Waals surface area contributed by atoms with Crippen molar-refractivity contribution in [2.24, 2.45) is 5.73 Å². The summed E-state index contributed by atoms with van der Waals surface area (Å²) in [7, 11) is 1.67. The average molecular weight is 283 g/mol. The fraction of sp³-hybridized carbons (Fsp3) is 0.353. The lowest BCUT2D eigenvalue weighted by molar-refractivity contribution is 0.414. The molecule has 1 aromatic heterocycles. The first-order valence-electron chi connectivity index (χ1n) is 7.14. The Morgan fingerprint density at radius 2 is 2.24 bits per heavy atom. The van der Waals surface area contributed by atoms with Gasteiger partial charge in [0.25, 0.3) is 0 Å². The van der Waals surface area contributed by atoms with Crippen LogP contribution in [0.1, 0.15) is 30.3 Å². The molecule has 0 fully saturated rings. The third-order valence-electron chi connectivity index (χ3n) is 3.25. The first kappa shape index (κ1) is 15.1. The predicted molar refractivity (Wildman–Crippen MR) is 84.3 cm³/mol. The number of hydrogen-bond donors (Lipinski definition) is 1. The van der Waals surface area contributed by atoms with Crippen LogP contribution in [0.25, 0.3) is 0 Å². The topological polar surface area (TPSA) is 53.1 Å². The summed E-state index contributed by atoms with van der Waals surface area (Å²) in [4.78, 5) is 4.41. The molecule has 0 unspecified atom stereocenters. The molecule has 1 aromatic carbocycles. The number of nitrogens with zero attached hydrogens (tertiary/aromatic N) is 2. The van der Waals surface area contributed by atoms with Gasteiger partial charge in [0.1, 0.15) is 11.6 Å². The van der Waals surface area contributed by atoms with Crippen LogP contribution < -0.4 is 10.5 Å². The predicted octanol–water partition coefficient (Wildman–Crippen LogP) is 2.20. The molecule has 0 saturated carbocycles. The molecule has 4 heteroatoms. The van der Waals surface area contributed by atoms with Crippen LogP contribution in [0.15, 0.2) is 30.6 Å². The molecular formula is C17H21N3O. The van der Waals surface area contributed by atoms with Gasteiger partial charge in [-0.2, -0.15) is 0 Å². The minimum absolute atomic E-state index is 0.359. The second-order valence-corrected chi connectivity index (χ2v) is 4.75. The molecule has 21 heavy (non-hydrogen) atoms. The van der Waals surface area contributed by atoms with E-state index in [0.717, 1.165) is 42.1 Å². The minimum Gasteiger partial charge on any atom is -0.497 e. The van der Waals surface area contributed by atoms with Gasteiger partial charge in [-0.15, -0.1) is 0 Å². The van der Waals surface area contributed by atoms with Gasteiger partial charge < -0.3 is 15.0 Å². The molecule has 0 aliphatic heterocycles. The Morgan fingerprint density at radius 3 is 2.95 bits per heavy atom. The summed E-state index contributed by atoms with van der Waals surface area (Å²) >= 11 is 0. The molecule has 2 aromatic rings. The van der Waals surface area contributed by atoms with E-state index >= 15 is 0 Å². The number of ether oxygens (including phenoxy) is 1. The Morgan fingerprint density at radius 1 is 1.38 bits per heavy atom. The number of aromatic nitrogens is 2. The normalized spacial score (nSPS) is 10.0. The van der Waals surface area contributed by atoms with Crippen molar-refractivity contribution in [3.8, 4) is 17.6 Å². The van der Waals surface area contributed by atoms with Crippen molar-refractivity contribution >= 4 is 0 Å². The zero-order chi connectivity index (χ0) is 15.1. The molecule has 0 saturated heterocycles. The van der Waals surface area contributed by atoms with Gasteiger partial charge in [-0.3, -0.25) is 0 Å². The number of hydrogen-bond acceptors (Lipinski definition) is 3. The molecule has 0 amide bonds. The van der Waals surface area contributed by atoms with Crippen molar-refractivity contribution in [3.05, 3.63) is 47.5 Å². The van der Waals surface area contributed by atoms with Crippen LogP contribution in [-0.2, 0) is 13.0 Å².